The summed E-state index contributed by atoms with van der Waals surface area (Å²) in [5.74, 6) is 0.985. The van der Waals surface area contributed by atoms with E-state index in [1.54, 1.807) is 4.90 Å². The smallest absolute Gasteiger partial charge is 0.248 e. The lowest BCUT2D eigenvalue weighted by molar-refractivity contribution is -0.136. The number of ether oxygens (including phenoxy) is 2. The summed E-state index contributed by atoms with van der Waals surface area (Å²) < 4.78 is 10.7. The van der Waals surface area contributed by atoms with E-state index in [0.717, 1.165) is 29.7 Å². The van der Waals surface area contributed by atoms with Gasteiger partial charge in [-0.05, 0) is 44.2 Å². The molecule has 0 aromatic heterocycles. The van der Waals surface area contributed by atoms with Crippen molar-refractivity contribution < 1.29 is 19.1 Å². The molecule has 2 amide bonds. The molecular formula is C20H30N2O4. The van der Waals surface area contributed by atoms with Crippen LogP contribution in [0.1, 0.15) is 36.8 Å². The predicted octanol–water partition coefficient (Wildman–Crippen LogP) is 2.22. The summed E-state index contributed by atoms with van der Waals surface area (Å²) in [6, 6.07) is 6.21. The fraction of sp³-hybridized carbons (Fsp3) is 0.600. The van der Waals surface area contributed by atoms with Gasteiger partial charge in [0.1, 0.15) is 12.4 Å². The third kappa shape index (κ3) is 6.02. The molecule has 1 aromatic rings. The zero-order valence-electron chi connectivity index (χ0n) is 16.0. The van der Waals surface area contributed by atoms with E-state index in [4.69, 9.17) is 9.47 Å². The molecule has 144 valence electrons. The van der Waals surface area contributed by atoms with E-state index in [9.17, 15) is 9.59 Å². The van der Waals surface area contributed by atoms with E-state index in [-0.39, 0.29) is 24.5 Å². The Morgan fingerprint density at radius 3 is 2.46 bits per heavy atom. The second-order valence-corrected chi connectivity index (χ2v) is 6.83. The Bertz CT molecular complexity index is 590. The molecule has 26 heavy (non-hydrogen) atoms. The maximum absolute atomic E-state index is 12.1. The van der Waals surface area contributed by atoms with Crippen LogP contribution in [0.2, 0.25) is 0 Å². The minimum absolute atomic E-state index is 0.0147. The predicted molar refractivity (Wildman–Crippen MR) is 100 cm³/mol. The number of amides is 2. The molecule has 6 nitrogen and oxygen atoms in total. The van der Waals surface area contributed by atoms with Crippen LogP contribution in [0.3, 0.4) is 0 Å². The lowest BCUT2D eigenvalue weighted by Crippen LogP contribution is -2.47. The number of carbonyl (C=O) groups excluding carboxylic acids is 2. The van der Waals surface area contributed by atoms with Crippen molar-refractivity contribution in [1.82, 2.24) is 10.2 Å². The van der Waals surface area contributed by atoms with Crippen LogP contribution in [-0.4, -0.2) is 56.2 Å². The van der Waals surface area contributed by atoms with Gasteiger partial charge in [0.25, 0.3) is 0 Å². The minimum atomic E-state index is 0.0147. The maximum atomic E-state index is 12.1. The highest BCUT2D eigenvalue weighted by atomic mass is 16.5. The second kappa shape index (κ2) is 10.2. The van der Waals surface area contributed by atoms with E-state index in [0.29, 0.717) is 32.5 Å². The van der Waals surface area contributed by atoms with E-state index in [1.807, 2.05) is 32.0 Å². The first-order chi connectivity index (χ1) is 12.5. The van der Waals surface area contributed by atoms with Gasteiger partial charge in [0, 0.05) is 32.7 Å². The van der Waals surface area contributed by atoms with Gasteiger partial charge in [0.05, 0.1) is 6.61 Å². The third-order valence-electron chi connectivity index (χ3n) is 4.68. The number of aryl methyl sites for hydroxylation is 2. The molecule has 1 aliphatic heterocycles. The first-order valence-electron chi connectivity index (χ1n) is 9.26. The van der Waals surface area contributed by atoms with Crippen LogP contribution in [0.4, 0.5) is 0 Å². The molecule has 2 rings (SSSR count). The van der Waals surface area contributed by atoms with Gasteiger partial charge in [-0.15, -0.1) is 0 Å². The van der Waals surface area contributed by atoms with Gasteiger partial charge in [0.2, 0.25) is 11.8 Å². The summed E-state index contributed by atoms with van der Waals surface area (Å²) in [6.45, 7) is 6.05. The molecule has 0 saturated carbocycles. The first-order valence-corrected chi connectivity index (χ1v) is 9.26. The van der Waals surface area contributed by atoms with Gasteiger partial charge in [-0.1, -0.05) is 18.2 Å². The standard InChI is InChI=1S/C20H30N2O4/c1-15-6-4-7-16(2)20(15)26-13-5-8-18(23)21-17-9-11-22(12-10-17)19(24)14-25-3/h4,6-7,17H,5,8-14H2,1-3H3,(H,21,23). The summed E-state index contributed by atoms with van der Waals surface area (Å²) in [5.41, 5.74) is 2.23. The molecular weight excluding hydrogens is 332 g/mol. The quantitative estimate of drug-likeness (QED) is 0.720. The van der Waals surface area contributed by atoms with Crippen LogP contribution >= 0.6 is 0 Å². The monoisotopic (exact) mass is 362 g/mol. The molecule has 1 saturated heterocycles. The van der Waals surface area contributed by atoms with Crippen molar-refractivity contribution in [3.63, 3.8) is 0 Å². The zero-order valence-corrected chi connectivity index (χ0v) is 16.0. The first kappa shape index (κ1) is 20.2. The van der Waals surface area contributed by atoms with Gasteiger partial charge in [-0.2, -0.15) is 0 Å². The van der Waals surface area contributed by atoms with Crippen LogP contribution in [-0.2, 0) is 14.3 Å². The Morgan fingerprint density at radius 2 is 1.85 bits per heavy atom. The van der Waals surface area contributed by atoms with Crippen LogP contribution in [0.15, 0.2) is 18.2 Å². The summed E-state index contributed by atoms with van der Waals surface area (Å²) in [6.07, 6.45) is 2.72. The highest BCUT2D eigenvalue weighted by Crippen LogP contribution is 2.22. The summed E-state index contributed by atoms with van der Waals surface area (Å²) >= 11 is 0. The van der Waals surface area contributed by atoms with E-state index in [1.165, 1.54) is 7.11 Å². The number of hydrogen-bond acceptors (Lipinski definition) is 4. The van der Waals surface area contributed by atoms with Crippen molar-refractivity contribution >= 4 is 11.8 Å². The normalized spacial score (nSPS) is 15.0. The number of para-hydroxylation sites is 1. The summed E-state index contributed by atoms with van der Waals surface area (Å²) in [5, 5.41) is 3.07. The lowest BCUT2D eigenvalue weighted by atomic mass is 10.0. The summed E-state index contributed by atoms with van der Waals surface area (Å²) in [7, 11) is 1.52. The molecule has 6 heteroatoms. The second-order valence-electron chi connectivity index (χ2n) is 6.83. The van der Waals surface area contributed by atoms with Crippen molar-refractivity contribution in [3.05, 3.63) is 29.3 Å². The number of nitrogens with one attached hydrogen (secondary N) is 1. The van der Waals surface area contributed by atoms with Gasteiger partial charge in [-0.25, -0.2) is 0 Å². The van der Waals surface area contributed by atoms with Crippen molar-refractivity contribution in [2.75, 3.05) is 33.4 Å². The van der Waals surface area contributed by atoms with Crippen molar-refractivity contribution in [2.24, 2.45) is 0 Å². The summed E-state index contributed by atoms with van der Waals surface area (Å²) in [4.78, 5) is 25.7. The molecule has 1 aliphatic rings. The van der Waals surface area contributed by atoms with Crippen molar-refractivity contribution in [3.8, 4) is 5.75 Å². The third-order valence-corrected chi connectivity index (χ3v) is 4.68. The molecule has 0 radical (unpaired) electrons. The molecule has 0 bridgehead atoms. The fourth-order valence-corrected chi connectivity index (χ4v) is 3.22. The number of rotatable bonds is 8. The van der Waals surface area contributed by atoms with Crippen LogP contribution < -0.4 is 10.1 Å². The molecule has 0 spiro atoms. The Morgan fingerprint density at radius 1 is 1.19 bits per heavy atom. The van der Waals surface area contributed by atoms with E-state index >= 15 is 0 Å². The molecule has 0 aliphatic carbocycles. The Labute approximate surface area is 155 Å². The number of benzene rings is 1. The largest absolute Gasteiger partial charge is 0.493 e. The Hall–Kier alpha value is -2.08. The zero-order chi connectivity index (χ0) is 18.9. The number of hydrogen-bond donors (Lipinski definition) is 1. The highest BCUT2D eigenvalue weighted by Gasteiger charge is 2.23. The Balaban J connectivity index is 1.63. The number of piperidine rings is 1. The maximum Gasteiger partial charge on any atom is 0.248 e. The molecule has 1 aromatic carbocycles. The van der Waals surface area contributed by atoms with Crippen molar-refractivity contribution in [2.45, 2.75) is 45.6 Å². The molecule has 1 heterocycles. The van der Waals surface area contributed by atoms with E-state index in [2.05, 4.69) is 5.32 Å². The number of likely N-dealkylation sites (tertiary alicyclic amines) is 1. The van der Waals surface area contributed by atoms with Crippen molar-refractivity contribution in [1.29, 1.82) is 0 Å². The van der Waals surface area contributed by atoms with Gasteiger partial charge in [-0.3, -0.25) is 9.59 Å². The highest BCUT2D eigenvalue weighted by molar-refractivity contribution is 5.78. The van der Waals surface area contributed by atoms with Crippen LogP contribution in [0.5, 0.6) is 5.75 Å². The molecule has 0 unspecified atom stereocenters. The topological polar surface area (TPSA) is 67.9 Å². The average molecular weight is 362 g/mol. The lowest BCUT2D eigenvalue weighted by Gasteiger charge is -2.32. The Kier molecular flexibility index (Phi) is 7.91. The molecule has 1 N–H and O–H groups in total. The van der Waals surface area contributed by atoms with E-state index < -0.39 is 0 Å². The molecule has 1 fully saturated rings. The number of methoxy groups -OCH3 is 1. The number of carbonyl (C=O) groups is 2. The van der Waals surface area contributed by atoms with Gasteiger partial charge >= 0.3 is 0 Å². The minimum Gasteiger partial charge on any atom is -0.493 e. The SMILES string of the molecule is COCC(=O)N1CCC(NC(=O)CCCOc2c(C)cccc2C)CC1. The van der Waals surface area contributed by atoms with Crippen LogP contribution in [0.25, 0.3) is 0 Å². The van der Waals surface area contributed by atoms with Gasteiger partial charge in [0.15, 0.2) is 0 Å². The number of nitrogens with zero attached hydrogens (tertiary/aromatic N) is 1. The fourth-order valence-electron chi connectivity index (χ4n) is 3.22. The molecule has 0 atom stereocenters. The van der Waals surface area contributed by atoms with Crippen LogP contribution in [0, 0.1) is 13.8 Å². The average Bonchev–Trinajstić information content (AvgIpc) is 2.61. The van der Waals surface area contributed by atoms with Gasteiger partial charge < -0.3 is 19.7 Å².